The summed E-state index contributed by atoms with van der Waals surface area (Å²) >= 11 is 7.66. The standard InChI is InChI=1S/C27H24ClN3O4S/c1-36-24-13-7-6-12-22(24)30-25(32)16-35-27(34)23(31-26(33)19-9-2-4-10-20(19)28)14-17-15-29-21-11-5-3-8-18(17)21/h2-13,15,23,29H,14,16H2,1H3,(H,30,32)(H,31,33)/t23-/m0/s1. The van der Waals surface area contributed by atoms with Gasteiger partial charge in [0, 0.05) is 28.4 Å². The highest BCUT2D eigenvalue weighted by Crippen LogP contribution is 2.24. The molecule has 0 radical (unpaired) electrons. The van der Waals surface area contributed by atoms with Crippen molar-refractivity contribution < 1.29 is 19.1 Å². The van der Waals surface area contributed by atoms with Gasteiger partial charge in [-0.2, -0.15) is 0 Å². The second-order valence-corrected chi connectivity index (χ2v) is 9.18. The van der Waals surface area contributed by atoms with E-state index < -0.39 is 30.4 Å². The van der Waals surface area contributed by atoms with Crippen molar-refractivity contribution >= 4 is 57.7 Å². The number of rotatable bonds is 9. The predicted molar refractivity (Wildman–Crippen MR) is 143 cm³/mol. The molecule has 0 saturated carbocycles. The predicted octanol–water partition coefficient (Wildman–Crippen LogP) is 5.07. The number of fused-ring (bicyclic) bond motifs is 1. The number of aromatic amines is 1. The Kier molecular flexibility index (Phi) is 8.30. The molecule has 0 unspecified atom stereocenters. The molecule has 4 aromatic rings. The van der Waals surface area contributed by atoms with Crippen molar-refractivity contribution in [2.45, 2.75) is 17.4 Å². The molecule has 1 atom stereocenters. The van der Waals surface area contributed by atoms with E-state index in [1.54, 1.807) is 36.5 Å². The van der Waals surface area contributed by atoms with Gasteiger partial charge in [0.15, 0.2) is 6.61 Å². The number of aromatic nitrogens is 1. The minimum absolute atomic E-state index is 0.163. The molecule has 1 heterocycles. The maximum atomic E-state index is 13.1. The van der Waals surface area contributed by atoms with E-state index in [1.165, 1.54) is 11.8 Å². The van der Waals surface area contributed by atoms with Crippen molar-refractivity contribution in [2.24, 2.45) is 0 Å². The summed E-state index contributed by atoms with van der Waals surface area (Å²) < 4.78 is 5.32. The Labute approximate surface area is 217 Å². The second kappa shape index (κ2) is 11.8. The third-order valence-electron chi connectivity index (χ3n) is 5.53. The average Bonchev–Trinajstić information content (AvgIpc) is 3.30. The van der Waals surface area contributed by atoms with E-state index in [2.05, 4.69) is 15.6 Å². The fourth-order valence-electron chi connectivity index (χ4n) is 3.77. The molecule has 0 aliphatic carbocycles. The van der Waals surface area contributed by atoms with Crippen LogP contribution in [0.1, 0.15) is 15.9 Å². The highest BCUT2D eigenvalue weighted by atomic mass is 35.5. The van der Waals surface area contributed by atoms with Crippen LogP contribution in [0, 0.1) is 0 Å². The van der Waals surface area contributed by atoms with Gasteiger partial charge in [0.05, 0.1) is 16.3 Å². The van der Waals surface area contributed by atoms with Gasteiger partial charge in [0.2, 0.25) is 0 Å². The molecule has 0 fully saturated rings. The van der Waals surface area contributed by atoms with Gasteiger partial charge in [-0.15, -0.1) is 11.8 Å². The summed E-state index contributed by atoms with van der Waals surface area (Å²) in [4.78, 5) is 42.5. The molecule has 184 valence electrons. The molecule has 0 spiro atoms. The average molecular weight is 522 g/mol. The lowest BCUT2D eigenvalue weighted by molar-refractivity contribution is -0.149. The van der Waals surface area contributed by atoms with E-state index in [0.717, 1.165) is 21.4 Å². The molecular weight excluding hydrogens is 498 g/mol. The van der Waals surface area contributed by atoms with Gasteiger partial charge in [-0.05, 0) is 42.2 Å². The number of para-hydroxylation sites is 2. The highest BCUT2D eigenvalue weighted by Gasteiger charge is 2.26. The topological polar surface area (TPSA) is 100 Å². The minimum atomic E-state index is -1.04. The number of ether oxygens (including phenoxy) is 1. The summed E-state index contributed by atoms with van der Waals surface area (Å²) in [5.41, 5.74) is 2.60. The smallest absolute Gasteiger partial charge is 0.329 e. The van der Waals surface area contributed by atoms with Crippen LogP contribution < -0.4 is 10.6 Å². The lowest BCUT2D eigenvalue weighted by Gasteiger charge is -2.18. The van der Waals surface area contributed by atoms with Crippen LogP contribution in [0.25, 0.3) is 10.9 Å². The molecule has 4 rings (SSSR count). The zero-order valence-corrected chi connectivity index (χ0v) is 21.0. The Morgan fingerprint density at radius 1 is 1.00 bits per heavy atom. The fourth-order valence-corrected chi connectivity index (χ4v) is 4.54. The van der Waals surface area contributed by atoms with Gasteiger partial charge in [-0.1, -0.05) is 54.1 Å². The van der Waals surface area contributed by atoms with Crippen molar-refractivity contribution in [3.05, 3.63) is 95.1 Å². The minimum Gasteiger partial charge on any atom is -0.454 e. The molecule has 1 aromatic heterocycles. The van der Waals surface area contributed by atoms with E-state index in [9.17, 15) is 14.4 Å². The van der Waals surface area contributed by atoms with Crippen molar-refractivity contribution in [1.82, 2.24) is 10.3 Å². The van der Waals surface area contributed by atoms with Crippen LogP contribution in [0.15, 0.2) is 83.9 Å². The van der Waals surface area contributed by atoms with Crippen LogP contribution in [0.4, 0.5) is 5.69 Å². The van der Waals surface area contributed by atoms with Gasteiger partial charge in [-0.25, -0.2) is 4.79 Å². The normalized spacial score (nSPS) is 11.6. The fraction of sp³-hybridized carbons (Fsp3) is 0.148. The molecule has 36 heavy (non-hydrogen) atoms. The molecule has 7 nitrogen and oxygen atoms in total. The Hall–Kier alpha value is -3.75. The van der Waals surface area contributed by atoms with Crippen molar-refractivity contribution in [1.29, 1.82) is 0 Å². The van der Waals surface area contributed by atoms with E-state index in [1.807, 2.05) is 48.7 Å². The summed E-state index contributed by atoms with van der Waals surface area (Å²) in [5.74, 6) is -1.72. The van der Waals surface area contributed by atoms with Crippen molar-refractivity contribution in [3.63, 3.8) is 0 Å². The molecule has 0 aliphatic heterocycles. The Balaban J connectivity index is 1.49. The number of anilines is 1. The Bertz CT molecular complexity index is 1400. The Morgan fingerprint density at radius 3 is 2.53 bits per heavy atom. The first kappa shape index (κ1) is 25.3. The molecule has 9 heteroatoms. The van der Waals surface area contributed by atoms with E-state index in [4.69, 9.17) is 16.3 Å². The molecule has 3 aromatic carbocycles. The third-order valence-corrected chi connectivity index (χ3v) is 6.66. The van der Waals surface area contributed by atoms with Gasteiger partial charge >= 0.3 is 5.97 Å². The van der Waals surface area contributed by atoms with Crippen LogP contribution in [-0.4, -0.2) is 41.7 Å². The zero-order chi connectivity index (χ0) is 25.5. The summed E-state index contributed by atoms with van der Waals surface area (Å²) in [5, 5.41) is 6.66. The number of halogens is 1. The number of H-pyrrole nitrogens is 1. The summed E-state index contributed by atoms with van der Waals surface area (Å²) in [6.45, 7) is -0.492. The first-order valence-electron chi connectivity index (χ1n) is 11.2. The number of nitrogens with one attached hydrogen (secondary N) is 3. The Morgan fingerprint density at radius 2 is 1.72 bits per heavy atom. The van der Waals surface area contributed by atoms with Gasteiger partial charge < -0.3 is 20.4 Å². The number of carbonyl (C=O) groups is 3. The summed E-state index contributed by atoms with van der Waals surface area (Å²) in [7, 11) is 0. The lowest BCUT2D eigenvalue weighted by Crippen LogP contribution is -2.44. The van der Waals surface area contributed by atoms with E-state index in [0.29, 0.717) is 5.69 Å². The zero-order valence-electron chi connectivity index (χ0n) is 19.4. The lowest BCUT2D eigenvalue weighted by atomic mass is 10.0. The molecule has 0 aliphatic rings. The number of hydrogen-bond donors (Lipinski definition) is 3. The van der Waals surface area contributed by atoms with Gasteiger partial charge in [-0.3, -0.25) is 9.59 Å². The number of esters is 1. The number of hydrogen-bond acceptors (Lipinski definition) is 5. The molecule has 0 bridgehead atoms. The van der Waals surface area contributed by atoms with Crippen LogP contribution in [0.5, 0.6) is 0 Å². The maximum Gasteiger partial charge on any atom is 0.329 e. The second-order valence-electron chi connectivity index (χ2n) is 7.93. The number of amides is 2. The highest BCUT2D eigenvalue weighted by molar-refractivity contribution is 7.98. The van der Waals surface area contributed by atoms with Crippen LogP contribution in [0.2, 0.25) is 5.02 Å². The number of thioether (sulfide) groups is 1. The molecule has 0 saturated heterocycles. The third kappa shape index (κ3) is 6.08. The van der Waals surface area contributed by atoms with E-state index in [-0.39, 0.29) is 17.0 Å². The van der Waals surface area contributed by atoms with Gasteiger partial charge in [0.1, 0.15) is 6.04 Å². The molecular formula is C27H24ClN3O4S. The first-order chi connectivity index (χ1) is 17.5. The van der Waals surface area contributed by atoms with E-state index >= 15 is 0 Å². The van der Waals surface area contributed by atoms with Gasteiger partial charge in [0.25, 0.3) is 11.8 Å². The summed E-state index contributed by atoms with van der Waals surface area (Å²) in [6, 6.07) is 20.5. The number of benzene rings is 3. The summed E-state index contributed by atoms with van der Waals surface area (Å²) in [6.07, 6.45) is 3.86. The van der Waals surface area contributed by atoms with Crippen LogP contribution >= 0.6 is 23.4 Å². The van der Waals surface area contributed by atoms with Crippen LogP contribution in [0.3, 0.4) is 0 Å². The van der Waals surface area contributed by atoms with Crippen molar-refractivity contribution in [2.75, 3.05) is 18.2 Å². The van der Waals surface area contributed by atoms with Crippen LogP contribution in [-0.2, 0) is 20.7 Å². The van der Waals surface area contributed by atoms with Crippen molar-refractivity contribution in [3.8, 4) is 0 Å². The maximum absolute atomic E-state index is 13.1. The molecule has 2 amide bonds. The number of carbonyl (C=O) groups excluding carboxylic acids is 3. The molecule has 3 N–H and O–H groups in total. The quantitative estimate of drug-likeness (QED) is 0.211. The monoisotopic (exact) mass is 521 g/mol. The first-order valence-corrected chi connectivity index (χ1v) is 12.8. The largest absolute Gasteiger partial charge is 0.454 e. The SMILES string of the molecule is CSc1ccccc1NC(=O)COC(=O)[C@H](Cc1c[nH]c2ccccc12)NC(=O)c1ccccc1Cl.